The first-order valence-electron chi connectivity index (χ1n) is 8.68. The van der Waals surface area contributed by atoms with Gasteiger partial charge >= 0.3 is 0 Å². The molecular formula is C18H22IN3O2S. The molecule has 1 aliphatic heterocycles. The average Bonchev–Trinajstić information content (AvgIpc) is 3.19. The van der Waals surface area contributed by atoms with Gasteiger partial charge in [0, 0.05) is 28.3 Å². The Morgan fingerprint density at radius 1 is 1.32 bits per heavy atom. The highest BCUT2D eigenvalue weighted by molar-refractivity contribution is 14.1. The van der Waals surface area contributed by atoms with Crippen LogP contribution in [0.4, 0.5) is 5.69 Å². The summed E-state index contributed by atoms with van der Waals surface area (Å²) in [5, 5.41) is 3.31. The van der Waals surface area contributed by atoms with Crippen molar-refractivity contribution in [3.05, 3.63) is 27.8 Å². The number of hydrogen-bond acceptors (Lipinski definition) is 4. The Hall–Kier alpha value is -1.09. The summed E-state index contributed by atoms with van der Waals surface area (Å²) in [5.74, 6) is -0.0851. The van der Waals surface area contributed by atoms with Crippen LogP contribution in [0.2, 0.25) is 0 Å². The average molecular weight is 471 g/mol. The third-order valence-electron chi connectivity index (χ3n) is 4.45. The molecule has 1 heterocycles. The van der Waals surface area contributed by atoms with E-state index < -0.39 is 0 Å². The predicted octanol–water partition coefficient (Wildman–Crippen LogP) is 3.88. The van der Waals surface area contributed by atoms with Crippen molar-refractivity contribution in [2.75, 3.05) is 11.9 Å². The molecule has 1 saturated carbocycles. The Kier molecular flexibility index (Phi) is 6.38. The summed E-state index contributed by atoms with van der Waals surface area (Å²) in [5.41, 5.74) is 0.760. The van der Waals surface area contributed by atoms with Crippen molar-refractivity contribution in [2.24, 2.45) is 4.99 Å². The normalized spacial score (nSPS) is 22.8. The molecule has 2 aliphatic rings. The lowest BCUT2D eigenvalue weighted by Crippen LogP contribution is -2.40. The number of rotatable bonds is 5. The molecule has 5 nitrogen and oxygen atoms in total. The SMILES string of the molecule is CCN=C1S[C@@H](CC(=O)Nc2ccc(I)cc2)C(=O)N1C1CCCC1. The molecule has 1 atom stereocenters. The molecule has 2 fully saturated rings. The summed E-state index contributed by atoms with van der Waals surface area (Å²) < 4.78 is 1.12. The molecule has 2 amide bonds. The van der Waals surface area contributed by atoms with E-state index in [0.29, 0.717) is 6.54 Å². The first kappa shape index (κ1) is 18.7. The van der Waals surface area contributed by atoms with E-state index in [-0.39, 0.29) is 29.5 Å². The Balaban J connectivity index is 1.65. The largest absolute Gasteiger partial charge is 0.326 e. The van der Waals surface area contributed by atoms with Gasteiger partial charge in [0.15, 0.2) is 5.17 Å². The Morgan fingerprint density at radius 3 is 2.64 bits per heavy atom. The number of carbonyl (C=O) groups excluding carboxylic acids is 2. The molecule has 1 aromatic rings. The zero-order valence-corrected chi connectivity index (χ0v) is 17.2. The highest BCUT2D eigenvalue weighted by Crippen LogP contribution is 2.36. The van der Waals surface area contributed by atoms with E-state index >= 15 is 0 Å². The predicted molar refractivity (Wildman–Crippen MR) is 111 cm³/mol. The molecule has 1 aromatic carbocycles. The smallest absolute Gasteiger partial charge is 0.242 e. The molecule has 0 radical (unpaired) electrons. The lowest BCUT2D eigenvalue weighted by molar-refractivity contribution is -0.129. The van der Waals surface area contributed by atoms with Gasteiger partial charge in [0.1, 0.15) is 5.25 Å². The molecule has 1 saturated heterocycles. The molecule has 0 unspecified atom stereocenters. The van der Waals surface area contributed by atoms with Crippen molar-refractivity contribution in [2.45, 2.75) is 50.3 Å². The van der Waals surface area contributed by atoms with Crippen molar-refractivity contribution in [3.8, 4) is 0 Å². The number of halogens is 1. The Labute approximate surface area is 166 Å². The fourth-order valence-electron chi connectivity index (χ4n) is 3.27. The number of nitrogens with zero attached hydrogens (tertiary/aromatic N) is 2. The van der Waals surface area contributed by atoms with Gasteiger partial charge in [0.05, 0.1) is 0 Å². The van der Waals surface area contributed by atoms with Gasteiger partial charge in [-0.3, -0.25) is 19.5 Å². The van der Waals surface area contributed by atoms with Gasteiger partial charge in [0.25, 0.3) is 0 Å². The summed E-state index contributed by atoms with van der Waals surface area (Å²) in [6.07, 6.45) is 4.58. The van der Waals surface area contributed by atoms with E-state index in [2.05, 4.69) is 32.9 Å². The third kappa shape index (κ3) is 4.55. The minimum atomic E-state index is -0.366. The number of thioether (sulfide) groups is 1. The van der Waals surface area contributed by atoms with Crippen LogP contribution in [0, 0.1) is 3.57 Å². The lowest BCUT2D eigenvalue weighted by Gasteiger charge is -2.23. The number of nitrogens with one attached hydrogen (secondary N) is 1. The zero-order valence-electron chi connectivity index (χ0n) is 14.2. The van der Waals surface area contributed by atoms with Gasteiger partial charge in [0.2, 0.25) is 11.8 Å². The second-order valence-electron chi connectivity index (χ2n) is 6.27. The highest BCUT2D eigenvalue weighted by Gasteiger charge is 2.43. The number of aliphatic imine (C=N–C) groups is 1. The number of benzene rings is 1. The maximum absolute atomic E-state index is 12.9. The van der Waals surface area contributed by atoms with Crippen LogP contribution in [0.15, 0.2) is 29.3 Å². The molecule has 0 bridgehead atoms. The van der Waals surface area contributed by atoms with Crippen LogP contribution < -0.4 is 5.32 Å². The topological polar surface area (TPSA) is 61.8 Å². The molecule has 0 aromatic heterocycles. The summed E-state index contributed by atoms with van der Waals surface area (Å²) in [7, 11) is 0. The fraction of sp³-hybridized carbons (Fsp3) is 0.500. The highest BCUT2D eigenvalue weighted by atomic mass is 127. The first-order chi connectivity index (χ1) is 12.1. The minimum absolute atomic E-state index is 0.0434. The van der Waals surface area contributed by atoms with Gasteiger partial charge in [-0.05, 0) is 66.6 Å². The van der Waals surface area contributed by atoms with Crippen LogP contribution >= 0.6 is 34.4 Å². The van der Waals surface area contributed by atoms with E-state index in [1.807, 2.05) is 36.1 Å². The summed E-state index contributed by atoms with van der Waals surface area (Å²) in [6.45, 7) is 2.63. The minimum Gasteiger partial charge on any atom is -0.326 e. The van der Waals surface area contributed by atoms with Crippen molar-refractivity contribution in [1.82, 2.24) is 4.90 Å². The van der Waals surface area contributed by atoms with Gasteiger partial charge in [-0.1, -0.05) is 24.6 Å². The van der Waals surface area contributed by atoms with Crippen molar-refractivity contribution < 1.29 is 9.59 Å². The van der Waals surface area contributed by atoms with Gasteiger partial charge < -0.3 is 5.32 Å². The second-order valence-corrected chi connectivity index (χ2v) is 8.68. The molecule has 134 valence electrons. The van der Waals surface area contributed by atoms with Crippen LogP contribution in [-0.2, 0) is 9.59 Å². The molecule has 1 N–H and O–H groups in total. The van der Waals surface area contributed by atoms with Crippen molar-refractivity contribution in [3.63, 3.8) is 0 Å². The van der Waals surface area contributed by atoms with Crippen LogP contribution in [0.25, 0.3) is 0 Å². The van der Waals surface area contributed by atoms with Crippen LogP contribution in [0.5, 0.6) is 0 Å². The quantitative estimate of drug-likeness (QED) is 0.664. The molecule has 1 aliphatic carbocycles. The van der Waals surface area contributed by atoms with Gasteiger partial charge in [-0.2, -0.15) is 0 Å². The molecular weight excluding hydrogens is 449 g/mol. The maximum Gasteiger partial charge on any atom is 0.242 e. The van der Waals surface area contributed by atoms with Crippen LogP contribution in [0.1, 0.15) is 39.0 Å². The van der Waals surface area contributed by atoms with E-state index in [1.165, 1.54) is 11.8 Å². The summed E-state index contributed by atoms with van der Waals surface area (Å²) in [6, 6.07) is 7.89. The monoisotopic (exact) mass is 471 g/mol. The molecule has 25 heavy (non-hydrogen) atoms. The Bertz CT molecular complexity index is 671. The van der Waals surface area contributed by atoms with Crippen molar-refractivity contribution in [1.29, 1.82) is 0 Å². The summed E-state index contributed by atoms with van der Waals surface area (Å²) in [4.78, 5) is 31.6. The van der Waals surface area contributed by atoms with Crippen LogP contribution in [0.3, 0.4) is 0 Å². The van der Waals surface area contributed by atoms with E-state index in [9.17, 15) is 9.59 Å². The molecule has 7 heteroatoms. The second kappa shape index (κ2) is 8.53. The van der Waals surface area contributed by atoms with E-state index in [0.717, 1.165) is 40.1 Å². The lowest BCUT2D eigenvalue weighted by atomic mass is 10.2. The summed E-state index contributed by atoms with van der Waals surface area (Å²) >= 11 is 3.67. The zero-order chi connectivity index (χ0) is 17.8. The molecule has 0 spiro atoms. The van der Waals surface area contributed by atoms with E-state index in [1.54, 1.807) is 0 Å². The molecule has 3 rings (SSSR count). The standard InChI is InChI=1S/C18H22IN3O2S/c1-2-20-18-22(14-5-3-4-6-14)17(24)15(25-18)11-16(23)21-13-9-7-12(19)8-10-13/h7-10,14-15H,2-6,11H2,1H3,(H,21,23)/t15-/m0/s1. The number of amides is 2. The number of anilines is 1. The Morgan fingerprint density at radius 2 is 2.00 bits per heavy atom. The number of amidine groups is 1. The maximum atomic E-state index is 12.9. The fourth-order valence-corrected chi connectivity index (χ4v) is 4.89. The van der Waals surface area contributed by atoms with Crippen molar-refractivity contribution >= 4 is 57.0 Å². The number of hydrogen-bond donors (Lipinski definition) is 1. The van der Waals surface area contributed by atoms with Crippen LogP contribution in [-0.4, -0.2) is 39.7 Å². The third-order valence-corrected chi connectivity index (χ3v) is 6.36. The first-order valence-corrected chi connectivity index (χ1v) is 10.6. The van der Waals surface area contributed by atoms with Gasteiger partial charge in [-0.25, -0.2) is 0 Å². The van der Waals surface area contributed by atoms with E-state index in [4.69, 9.17) is 0 Å². The van der Waals surface area contributed by atoms with Gasteiger partial charge in [-0.15, -0.1) is 0 Å². The number of carbonyl (C=O) groups is 2.